The molecule has 1 N–H and O–H groups in total. The molecule has 0 radical (unpaired) electrons. The smallest absolute Gasteiger partial charge is 0.226 e. The molecule has 2 heterocycles. The lowest BCUT2D eigenvalue weighted by Gasteiger charge is -2.32. The van der Waals surface area contributed by atoms with Gasteiger partial charge in [0.25, 0.3) is 0 Å². The van der Waals surface area contributed by atoms with Crippen molar-refractivity contribution in [3.05, 3.63) is 77.6 Å². The average molecular weight is 371 g/mol. The molecular weight excluding hydrogens is 350 g/mol. The van der Waals surface area contributed by atoms with Gasteiger partial charge in [-0.25, -0.2) is 0 Å². The van der Waals surface area contributed by atoms with Crippen molar-refractivity contribution in [1.29, 1.82) is 0 Å². The van der Waals surface area contributed by atoms with E-state index in [0.717, 1.165) is 33.3 Å². The van der Waals surface area contributed by atoms with Crippen LogP contribution in [0.1, 0.15) is 36.1 Å². The molecule has 28 heavy (non-hydrogen) atoms. The highest BCUT2D eigenvalue weighted by atomic mass is 16.2. The van der Waals surface area contributed by atoms with Crippen LogP contribution in [0.25, 0.3) is 17.0 Å². The molecule has 0 aliphatic carbocycles. The van der Waals surface area contributed by atoms with Gasteiger partial charge in [-0.1, -0.05) is 30.3 Å². The second-order valence-electron chi connectivity index (χ2n) is 6.97. The minimum Gasteiger partial charge on any atom is -0.325 e. The van der Waals surface area contributed by atoms with Crippen molar-refractivity contribution >= 4 is 34.5 Å². The fraction of sp³-hybridized carbons (Fsp3) is 0.174. The SMILES string of the molecule is CC(=O)N1C=Cc2ccccc2C1CC(=O)Nc1ccc(C)c2ncccc12. The number of benzene rings is 2. The zero-order valence-electron chi connectivity index (χ0n) is 15.8. The summed E-state index contributed by atoms with van der Waals surface area (Å²) in [5.74, 6) is -0.233. The number of rotatable bonds is 3. The molecule has 0 spiro atoms. The quantitative estimate of drug-likeness (QED) is 0.740. The van der Waals surface area contributed by atoms with E-state index in [1.54, 1.807) is 17.3 Å². The van der Waals surface area contributed by atoms with E-state index in [9.17, 15) is 9.59 Å². The number of carbonyl (C=O) groups excluding carboxylic acids is 2. The number of hydrogen-bond acceptors (Lipinski definition) is 3. The topological polar surface area (TPSA) is 62.3 Å². The maximum atomic E-state index is 12.9. The van der Waals surface area contributed by atoms with Crippen molar-refractivity contribution < 1.29 is 9.59 Å². The van der Waals surface area contributed by atoms with Crippen molar-refractivity contribution in [3.8, 4) is 0 Å². The molecule has 1 unspecified atom stereocenters. The van der Waals surface area contributed by atoms with Crippen LogP contribution in [0.15, 0.2) is 60.9 Å². The number of carbonyl (C=O) groups is 2. The van der Waals surface area contributed by atoms with Crippen LogP contribution in [0.5, 0.6) is 0 Å². The molecule has 5 heteroatoms. The van der Waals surface area contributed by atoms with E-state index in [2.05, 4.69) is 10.3 Å². The monoisotopic (exact) mass is 371 g/mol. The van der Waals surface area contributed by atoms with Crippen LogP contribution < -0.4 is 5.32 Å². The first-order chi connectivity index (χ1) is 13.5. The number of aromatic nitrogens is 1. The molecule has 2 amide bonds. The molecule has 140 valence electrons. The summed E-state index contributed by atoms with van der Waals surface area (Å²) in [5, 5.41) is 3.91. The lowest BCUT2D eigenvalue weighted by Crippen LogP contribution is -2.33. The number of fused-ring (bicyclic) bond motifs is 2. The molecule has 0 fully saturated rings. The van der Waals surface area contributed by atoms with E-state index in [4.69, 9.17) is 0 Å². The van der Waals surface area contributed by atoms with E-state index in [0.29, 0.717) is 0 Å². The highest BCUT2D eigenvalue weighted by molar-refractivity contribution is 6.02. The van der Waals surface area contributed by atoms with E-state index >= 15 is 0 Å². The highest BCUT2D eigenvalue weighted by Crippen LogP contribution is 2.33. The summed E-state index contributed by atoms with van der Waals surface area (Å²) >= 11 is 0. The van der Waals surface area contributed by atoms with Gasteiger partial charge in [0.2, 0.25) is 11.8 Å². The van der Waals surface area contributed by atoms with Crippen LogP contribution in [0.2, 0.25) is 0 Å². The summed E-state index contributed by atoms with van der Waals surface area (Å²) in [5.41, 5.74) is 4.67. The molecule has 1 aliphatic rings. The van der Waals surface area contributed by atoms with Gasteiger partial charge in [-0.15, -0.1) is 0 Å². The summed E-state index contributed by atoms with van der Waals surface area (Å²) < 4.78 is 0. The van der Waals surface area contributed by atoms with Gasteiger partial charge in [0.1, 0.15) is 0 Å². The Bertz CT molecular complexity index is 1100. The molecule has 4 rings (SSSR count). The lowest BCUT2D eigenvalue weighted by molar-refractivity contribution is -0.129. The molecule has 5 nitrogen and oxygen atoms in total. The standard InChI is InChI=1S/C23H21N3O2/c1-15-9-10-20(19-8-5-12-24-23(15)19)25-22(28)14-21-18-7-4-3-6-17(18)11-13-26(21)16(2)27/h3-13,21H,14H2,1-2H3,(H,25,28). The third kappa shape index (κ3) is 3.27. The second kappa shape index (κ2) is 7.27. The average Bonchev–Trinajstić information content (AvgIpc) is 2.70. The first kappa shape index (κ1) is 17.9. The molecule has 3 aromatic rings. The van der Waals surface area contributed by atoms with Crippen LogP contribution in [0.3, 0.4) is 0 Å². The Morgan fingerprint density at radius 3 is 2.75 bits per heavy atom. The summed E-state index contributed by atoms with van der Waals surface area (Å²) in [6.07, 6.45) is 5.59. The van der Waals surface area contributed by atoms with Gasteiger partial charge in [-0.3, -0.25) is 14.6 Å². The zero-order valence-corrected chi connectivity index (χ0v) is 15.8. The van der Waals surface area contributed by atoms with Gasteiger partial charge >= 0.3 is 0 Å². The van der Waals surface area contributed by atoms with E-state index in [1.165, 1.54) is 6.92 Å². The molecule has 1 atom stereocenters. The van der Waals surface area contributed by atoms with Gasteiger partial charge in [-0.2, -0.15) is 0 Å². The molecule has 2 aromatic carbocycles. The summed E-state index contributed by atoms with van der Waals surface area (Å²) in [4.78, 5) is 31.0. The third-order valence-electron chi connectivity index (χ3n) is 5.09. The largest absolute Gasteiger partial charge is 0.325 e. The van der Waals surface area contributed by atoms with Crippen molar-refractivity contribution in [2.24, 2.45) is 0 Å². The van der Waals surface area contributed by atoms with E-state index in [-0.39, 0.29) is 24.3 Å². The Kier molecular flexibility index (Phi) is 4.65. The van der Waals surface area contributed by atoms with Crippen molar-refractivity contribution in [2.75, 3.05) is 5.32 Å². The van der Waals surface area contributed by atoms with Crippen molar-refractivity contribution in [3.63, 3.8) is 0 Å². The molecule has 0 saturated heterocycles. The van der Waals surface area contributed by atoms with Crippen LogP contribution in [-0.2, 0) is 9.59 Å². The Labute approximate surface area is 163 Å². The minimum absolute atomic E-state index is 0.0893. The van der Waals surface area contributed by atoms with Gasteiger partial charge in [0.05, 0.1) is 23.7 Å². The molecule has 1 aromatic heterocycles. The Hall–Kier alpha value is -3.47. The fourth-order valence-electron chi connectivity index (χ4n) is 3.71. The number of nitrogens with zero attached hydrogens (tertiary/aromatic N) is 2. The van der Waals surface area contributed by atoms with E-state index < -0.39 is 0 Å². The number of anilines is 1. The first-order valence-corrected chi connectivity index (χ1v) is 9.25. The number of aryl methyl sites for hydroxylation is 1. The Balaban J connectivity index is 1.62. The summed E-state index contributed by atoms with van der Waals surface area (Å²) in [6.45, 7) is 3.51. The maximum absolute atomic E-state index is 12.9. The van der Waals surface area contributed by atoms with Gasteiger partial charge in [0, 0.05) is 24.7 Å². The number of hydrogen-bond donors (Lipinski definition) is 1. The first-order valence-electron chi connectivity index (χ1n) is 9.25. The highest BCUT2D eigenvalue weighted by Gasteiger charge is 2.28. The van der Waals surface area contributed by atoms with Crippen LogP contribution in [0.4, 0.5) is 5.69 Å². The van der Waals surface area contributed by atoms with Gasteiger partial charge in [-0.05, 0) is 47.9 Å². The molecule has 0 saturated carbocycles. The zero-order chi connectivity index (χ0) is 19.7. The van der Waals surface area contributed by atoms with Crippen LogP contribution in [-0.4, -0.2) is 21.7 Å². The predicted octanol–water partition coefficient (Wildman–Crippen LogP) is 4.45. The number of pyridine rings is 1. The number of nitrogens with one attached hydrogen (secondary N) is 1. The Morgan fingerprint density at radius 1 is 1.11 bits per heavy atom. The van der Waals surface area contributed by atoms with Crippen molar-refractivity contribution in [1.82, 2.24) is 9.88 Å². The lowest BCUT2D eigenvalue weighted by atomic mass is 9.93. The third-order valence-corrected chi connectivity index (χ3v) is 5.09. The van der Waals surface area contributed by atoms with Crippen LogP contribution in [0, 0.1) is 6.92 Å². The predicted molar refractivity (Wildman–Crippen MR) is 110 cm³/mol. The second-order valence-corrected chi connectivity index (χ2v) is 6.97. The normalized spacial score (nSPS) is 15.4. The van der Waals surface area contributed by atoms with Crippen molar-refractivity contribution in [2.45, 2.75) is 26.3 Å². The van der Waals surface area contributed by atoms with E-state index in [1.807, 2.05) is 61.5 Å². The summed E-state index contributed by atoms with van der Waals surface area (Å²) in [7, 11) is 0. The molecular formula is C23H21N3O2. The number of amides is 2. The fourth-order valence-corrected chi connectivity index (χ4v) is 3.71. The molecule has 0 bridgehead atoms. The van der Waals surface area contributed by atoms with Gasteiger partial charge < -0.3 is 10.2 Å². The Morgan fingerprint density at radius 2 is 1.93 bits per heavy atom. The maximum Gasteiger partial charge on any atom is 0.226 e. The summed E-state index contributed by atoms with van der Waals surface area (Å²) in [6, 6.07) is 15.2. The van der Waals surface area contributed by atoms with Crippen LogP contribution >= 0.6 is 0 Å². The minimum atomic E-state index is -0.325. The molecule has 1 aliphatic heterocycles. The van der Waals surface area contributed by atoms with Gasteiger partial charge in [0.15, 0.2) is 0 Å².